The first kappa shape index (κ1) is 16.9. The topological polar surface area (TPSA) is 30.0 Å². The van der Waals surface area contributed by atoms with Crippen LogP contribution in [0, 0.1) is 17.8 Å². The van der Waals surface area contributed by atoms with E-state index in [-0.39, 0.29) is 5.78 Å². The van der Waals surface area contributed by atoms with Gasteiger partial charge in [0.25, 0.3) is 0 Å². The molecule has 0 aliphatic carbocycles. The summed E-state index contributed by atoms with van der Waals surface area (Å²) >= 11 is 0. The van der Waals surface area contributed by atoms with Crippen LogP contribution in [-0.2, 0) is 11.2 Å². The predicted molar refractivity (Wildman–Crippen MR) is 102 cm³/mol. The molecule has 124 valence electrons. The average Bonchev–Trinajstić information content (AvgIpc) is 2.60. The van der Waals surface area contributed by atoms with Crippen molar-refractivity contribution in [2.45, 2.75) is 26.7 Å². The number of carbonyl (C=O) groups is 1. The molecular weight excluding hydrogens is 306 g/mol. The van der Waals surface area contributed by atoms with Gasteiger partial charge in [0.15, 0.2) is 0 Å². The molecule has 0 aliphatic rings. The van der Waals surface area contributed by atoms with Crippen LogP contribution >= 0.6 is 0 Å². The Kier molecular flexibility index (Phi) is 5.26. The molecule has 0 amide bonds. The second-order valence-corrected chi connectivity index (χ2v) is 6.58. The number of Topliss-reactive ketones (excluding diaryl/α,β-unsaturated/α-hetero) is 1. The predicted octanol–water partition coefficient (Wildman–Crippen LogP) is 4.79. The maximum Gasteiger partial charge on any atom is 0.130 e. The highest BCUT2D eigenvalue weighted by molar-refractivity contribution is 5.79. The molecule has 1 atom stereocenters. The van der Waals surface area contributed by atoms with E-state index in [1.807, 2.05) is 42.6 Å². The summed E-state index contributed by atoms with van der Waals surface area (Å²) < 4.78 is 0. The smallest absolute Gasteiger partial charge is 0.130 e. The Hall–Kier alpha value is -2.92. The van der Waals surface area contributed by atoms with E-state index < -0.39 is 0 Å². The number of aromatic nitrogens is 1. The van der Waals surface area contributed by atoms with Gasteiger partial charge in [0.05, 0.1) is 5.52 Å². The van der Waals surface area contributed by atoms with Gasteiger partial charge in [-0.2, -0.15) is 0 Å². The van der Waals surface area contributed by atoms with E-state index in [9.17, 15) is 4.79 Å². The van der Waals surface area contributed by atoms with Gasteiger partial charge in [0, 0.05) is 29.1 Å². The van der Waals surface area contributed by atoms with Crippen LogP contribution in [0.3, 0.4) is 0 Å². The molecule has 2 nitrogen and oxygen atoms in total. The van der Waals surface area contributed by atoms with Gasteiger partial charge in [-0.25, -0.2) is 0 Å². The average molecular weight is 327 g/mol. The van der Waals surface area contributed by atoms with E-state index in [0.29, 0.717) is 12.3 Å². The standard InChI is InChI=1S/C23H21NO/c1-17(13-18(2)25)14-20-10-7-19(8-11-20)9-12-21-15-22-5-3-4-6-23(22)24-16-21/h3-8,10-11,15-17H,13-14H2,1-2H3. The third-order valence-corrected chi connectivity index (χ3v) is 4.12. The largest absolute Gasteiger partial charge is 0.300 e. The van der Waals surface area contributed by atoms with Crippen LogP contribution in [0.25, 0.3) is 10.9 Å². The maximum atomic E-state index is 11.2. The van der Waals surface area contributed by atoms with Crippen LogP contribution in [0.5, 0.6) is 0 Å². The number of pyridine rings is 1. The number of carbonyl (C=O) groups excluding carboxylic acids is 1. The summed E-state index contributed by atoms with van der Waals surface area (Å²) in [6.07, 6.45) is 3.37. The van der Waals surface area contributed by atoms with Crippen molar-refractivity contribution in [3.63, 3.8) is 0 Å². The minimum atomic E-state index is 0.249. The number of fused-ring (bicyclic) bond motifs is 1. The van der Waals surface area contributed by atoms with E-state index in [1.165, 1.54) is 5.56 Å². The molecule has 0 saturated carbocycles. The van der Waals surface area contributed by atoms with Gasteiger partial charge >= 0.3 is 0 Å². The zero-order chi connectivity index (χ0) is 17.6. The van der Waals surface area contributed by atoms with Gasteiger partial charge < -0.3 is 4.79 Å². The lowest BCUT2D eigenvalue weighted by molar-refractivity contribution is -0.117. The fraction of sp³-hybridized carbons (Fsp3) is 0.217. The molecule has 1 unspecified atom stereocenters. The van der Waals surface area contributed by atoms with Gasteiger partial charge in [0.1, 0.15) is 5.78 Å². The highest BCUT2D eigenvalue weighted by Crippen LogP contribution is 2.14. The first-order valence-corrected chi connectivity index (χ1v) is 8.55. The Balaban J connectivity index is 1.70. The summed E-state index contributed by atoms with van der Waals surface area (Å²) in [5.74, 6) is 7.00. The summed E-state index contributed by atoms with van der Waals surface area (Å²) in [6.45, 7) is 3.76. The Labute approximate surface area is 148 Å². The van der Waals surface area contributed by atoms with Crippen LogP contribution in [0.1, 0.15) is 37.0 Å². The number of hydrogen-bond donors (Lipinski definition) is 0. The number of rotatable bonds is 4. The van der Waals surface area contributed by atoms with Crippen molar-refractivity contribution < 1.29 is 4.79 Å². The molecule has 3 rings (SSSR count). The molecule has 0 fully saturated rings. The highest BCUT2D eigenvalue weighted by Gasteiger charge is 2.06. The summed E-state index contributed by atoms with van der Waals surface area (Å²) in [6, 6.07) is 18.4. The monoisotopic (exact) mass is 327 g/mol. The van der Waals surface area contributed by atoms with Crippen molar-refractivity contribution in [3.8, 4) is 11.8 Å². The summed E-state index contributed by atoms with van der Waals surface area (Å²) in [5.41, 5.74) is 4.12. The van der Waals surface area contributed by atoms with Gasteiger partial charge in [-0.15, -0.1) is 0 Å². The van der Waals surface area contributed by atoms with E-state index >= 15 is 0 Å². The molecule has 2 aromatic carbocycles. The van der Waals surface area contributed by atoms with Crippen molar-refractivity contribution in [2.75, 3.05) is 0 Å². The molecule has 3 aromatic rings. The summed E-state index contributed by atoms with van der Waals surface area (Å²) in [4.78, 5) is 15.6. The van der Waals surface area contributed by atoms with Gasteiger partial charge in [-0.1, -0.05) is 49.1 Å². The van der Waals surface area contributed by atoms with Gasteiger partial charge in [-0.3, -0.25) is 4.98 Å². The van der Waals surface area contributed by atoms with Crippen LogP contribution < -0.4 is 0 Å². The lowest BCUT2D eigenvalue weighted by Gasteiger charge is -2.09. The summed E-state index contributed by atoms with van der Waals surface area (Å²) in [5, 5.41) is 1.10. The number of ketones is 1. The number of para-hydroxylation sites is 1. The van der Waals surface area contributed by atoms with Crippen molar-refractivity contribution >= 4 is 16.7 Å². The quantitative estimate of drug-likeness (QED) is 0.645. The Morgan fingerprint density at radius 2 is 1.76 bits per heavy atom. The van der Waals surface area contributed by atoms with Crippen molar-refractivity contribution in [1.29, 1.82) is 0 Å². The Bertz CT molecular complexity index is 945. The van der Waals surface area contributed by atoms with Crippen molar-refractivity contribution in [2.24, 2.45) is 5.92 Å². The van der Waals surface area contributed by atoms with Gasteiger partial charge in [0.2, 0.25) is 0 Å². The fourth-order valence-corrected chi connectivity index (χ4v) is 2.97. The summed E-state index contributed by atoms with van der Waals surface area (Å²) in [7, 11) is 0. The zero-order valence-electron chi connectivity index (χ0n) is 14.6. The van der Waals surface area contributed by atoms with E-state index in [2.05, 4.69) is 41.9 Å². The van der Waals surface area contributed by atoms with E-state index in [1.54, 1.807) is 6.92 Å². The van der Waals surface area contributed by atoms with Crippen LogP contribution in [0.15, 0.2) is 60.8 Å². The second-order valence-electron chi connectivity index (χ2n) is 6.58. The van der Waals surface area contributed by atoms with Crippen molar-refractivity contribution in [3.05, 3.63) is 77.5 Å². The van der Waals surface area contributed by atoms with Crippen molar-refractivity contribution in [1.82, 2.24) is 4.98 Å². The maximum absolute atomic E-state index is 11.2. The minimum Gasteiger partial charge on any atom is -0.300 e. The number of nitrogens with zero attached hydrogens (tertiary/aromatic N) is 1. The molecule has 0 bridgehead atoms. The first-order valence-electron chi connectivity index (χ1n) is 8.55. The van der Waals surface area contributed by atoms with E-state index in [0.717, 1.165) is 28.5 Å². The highest BCUT2D eigenvalue weighted by atomic mass is 16.1. The van der Waals surface area contributed by atoms with Crippen LogP contribution in [-0.4, -0.2) is 10.8 Å². The molecular formula is C23H21NO. The normalized spacial score (nSPS) is 11.6. The molecule has 25 heavy (non-hydrogen) atoms. The number of hydrogen-bond acceptors (Lipinski definition) is 2. The zero-order valence-corrected chi connectivity index (χ0v) is 14.6. The first-order chi connectivity index (χ1) is 12.1. The molecule has 0 radical (unpaired) electrons. The minimum absolute atomic E-state index is 0.249. The number of benzene rings is 2. The molecule has 2 heteroatoms. The molecule has 0 N–H and O–H groups in total. The SMILES string of the molecule is CC(=O)CC(C)Cc1ccc(C#Cc2cnc3ccccc3c2)cc1. The lowest BCUT2D eigenvalue weighted by Crippen LogP contribution is -2.04. The van der Waals surface area contributed by atoms with Crippen LogP contribution in [0.2, 0.25) is 0 Å². The van der Waals surface area contributed by atoms with Gasteiger partial charge in [-0.05, 0) is 49.1 Å². The lowest BCUT2D eigenvalue weighted by atomic mass is 9.96. The molecule has 1 heterocycles. The third kappa shape index (κ3) is 4.78. The molecule has 1 aromatic heterocycles. The fourth-order valence-electron chi connectivity index (χ4n) is 2.97. The third-order valence-electron chi connectivity index (χ3n) is 4.12. The van der Waals surface area contributed by atoms with E-state index in [4.69, 9.17) is 0 Å². The Morgan fingerprint density at radius 1 is 1.04 bits per heavy atom. The van der Waals surface area contributed by atoms with Crippen LogP contribution in [0.4, 0.5) is 0 Å². The Morgan fingerprint density at radius 3 is 2.52 bits per heavy atom. The molecule has 0 saturated heterocycles. The molecule has 0 aliphatic heterocycles. The second kappa shape index (κ2) is 7.77. The molecule has 0 spiro atoms.